The summed E-state index contributed by atoms with van der Waals surface area (Å²) >= 11 is 0. The van der Waals surface area contributed by atoms with Crippen LogP contribution in [0.1, 0.15) is 36.7 Å². The molecule has 0 aliphatic carbocycles. The maximum absolute atomic E-state index is 12.5. The number of pyridine rings is 1. The molecule has 0 unspecified atom stereocenters. The Balaban J connectivity index is 1.71. The Hall–Kier alpha value is -2.36. The summed E-state index contributed by atoms with van der Waals surface area (Å²) in [6.45, 7) is 9.89. The molecule has 1 amide bonds. The zero-order valence-corrected chi connectivity index (χ0v) is 14.6. The summed E-state index contributed by atoms with van der Waals surface area (Å²) in [6.07, 6.45) is 4.30. The number of benzene rings is 1. The predicted molar refractivity (Wildman–Crippen MR) is 96.3 cm³/mol. The minimum absolute atomic E-state index is 0.0558. The topological polar surface area (TPSA) is 36.4 Å². The summed E-state index contributed by atoms with van der Waals surface area (Å²) < 4.78 is 0. The van der Waals surface area contributed by atoms with Crippen LogP contribution in [-0.2, 0) is 5.41 Å². The lowest BCUT2D eigenvalue weighted by molar-refractivity contribution is 0.0746. The highest BCUT2D eigenvalue weighted by molar-refractivity contribution is 5.94. The van der Waals surface area contributed by atoms with E-state index in [2.05, 4.69) is 61.1 Å². The van der Waals surface area contributed by atoms with E-state index in [-0.39, 0.29) is 11.3 Å². The molecular weight excluding hydrogens is 298 g/mol. The molecule has 1 aliphatic rings. The Labute approximate surface area is 144 Å². The number of carbonyl (C=O) groups excluding carboxylic acids is 1. The molecule has 2 aromatic rings. The van der Waals surface area contributed by atoms with Crippen LogP contribution in [0, 0.1) is 6.20 Å². The number of anilines is 1. The summed E-state index contributed by atoms with van der Waals surface area (Å²) in [5, 5.41) is 0. The van der Waals surface area contributed by atoms with Crippen LogP contribution in [0.25, 0.3) is 0 Å². The van der Waals surface area contributed by atoms with E-state index in [1.807, 2.05) is 4.90 Å². The number of para-hydroxylation sites is 1. The number of carbonyl (C=O) groups is 1. The lowest BCUT2D eigenvalue weighted by atomic mass is 9.85. The minimum Gasteiger partial charge on any atom is -0.368 e. The molecule has 3 rings (SSSR count). The van der Waals surface area contributed by atoms with E-state index in [0.29, 0.717) is 5.56 Å². The molecule has 2 heterocycles. The van der Waals surface area contributed by atoms with Crippen molar-refractivity contribution in [2.45, 2.75) is 26.2 Å². The summed E-state index contributed by atoms with van der Waals surface area (Å²) in [5.41, 5.74) is 3.38. The number of nitrogens with zero attached hydrogens (tertiary/aromatic N) is 3. The van der Waals surface area contributed by atoms with E-state index in [0.717, 1.165) is 26.2 Å². The Morgan fingerprint density at radius 2 is 1.79 bits per heavy atom. The summed E-state index contributed by atoms with van der Waals surface area (Å²) in [4.78, 5) is 20.7. The molecule has 0 saturated carbocycles. The van der Waals surface area contributed by atoms with Crippen LogP contribution < -0.4 is 4.90 Å². The normalized spacial score (nSPS) is 15.5. The second-order valence-corrected chi connectivity index (χ2v) is 7.22. The molecule has 1 aliphatic heterocycles. The van der Waals surface area contributed by atoms with Gasteiger partial charge in [-0.15, -0.1) is 0 Å². The number of hydrogen-bond acceptors (Lipinski definition) is 3. The highest BCUT2D eigenvalue weighted by Gasteiger charge is 2.26. The van der Waals surface area contributed by atoms with Gasteiger partial charge in [-0.25, -0.2) is 0 Å². The molecular formula is C20H24N3O. The van der Waals surface area contributed by atoms with Crippen molar-refractivity contribution in [3.05, 3.63) is 59.9 Å². The fourth-order valence-corrected chi connectivity index (χ4v) is 3.16. The largest absolute Gasteiger partial charge is 0.368 e. The smallest absolute Gasteiger partial charge is 0.255 e. The van der Waals surface area contributed by atoms with Crippen molar-refractivity contribution in [1.29, 1.82) is 0 Å². The second-order valence-electron chi connectivity index (χ2n) is 7.22. The van der Waals surface area contributed by atoms with Gasteiger partial charge in [0, 0.05) is 38.1 Å². The van der Waals surface area contributed by atoms with Crippen LogP contribution in [0.2, 0.25) is 0 Å². The average Bonchev–Trinajstić information content (AvgIpc) is 2.61. The molecule has 0 spiro atoms. The Bertz CT molecular complexity index is 698. The van der Waals surface area contributed by atoms with Crippen molar-refractivity contribution < 1.29 is 4.79 Å². The van der Waals surface area contributed by atoms with Crippen molar-refractivity contribution in [3.63, 3.8) is 0 Å². The van der Waals surface area contributed by atoms with E-state index in [1.165, 1.54) is 11.3 Å². The van der Waals surface area contributed by atoms with Crippen molar-refractivity contribution in [1.82, 2.24) is 9.88 Å². The fraction of sp³-hybridized carbons (Fsp3) is 0.400. The Kier molecular flexibility index (Phi) is 4.56. The zero-order valence-electron chi connectivity index (χ0n) is 14.6. The molecule has 0 N–H and O–H groups in total. The molecule has 1 radical (unpaired) electrons. The Morgan fingerprint density at radius 1 is 1.08 bits per heavy atom. The third-order valence-corrected chi connectivity index (χ3v) is 4.48. The van der Waals surface area contributed by atoms with Gasteiger partial charge in [-0.05, 0) is 29.2 Å². The molecule has 1 fully saturated rings. The first-order valence-corrected chi connectivity index (χ1v) is 8.42. The van der Waals surface area contributed by atoms with Gasteiger partial charge in [0.2, 0.25) is 0 Å². The van der Waals surface area contributed by atoms with Gasteiger partial charge in [-0.1, -0.05) is 39.0 Å². The lowest BCUT2D eigenvalue weighted by Gasteiger charge is -2.38. The fourth-order valence-electron chi connectivity index (χ4n) is 3.16. The van der Waals surface area contributed by atoms with E-state index >= 15 is 0 Å². The van der Waals surface area contributed by atoms with Crippen molar-refractivity contribution in [2.75, 3.05) is 31.1 Å². The maximum Gasteiger partial charge on any atom is 0.255 e. The first-order valence-electron chi connectivity index (χ1n) is 8.42. The third kappa shape index (κ3) is 3.42. The third-order valence-electron chi connectivity index (χ3n) is 4.48. The molecule has 125 valence electrons. The van der Waals surface area contributed by atoms with E-state index in [9.17, 15) is 4.79 Å². The second kappa shape index (κ2) is 6.63. The molecule has 1 aromatic heterocycles. The standard InChI is InChI=1S/C20H24N3O/c1-20(2,3)17-8-4-5-9-18(17)22-11-13-23(14-12-22)19(24)16-7-6-10-21-15-16/h4-9,15H,11-14H2,1-3H3. The van der Waals surface area contributed by atoms with Gasteiger partial charge in [0.15, 0.2) is 0 Å². The summed E-state index contributed by atoms with van der Waals surface area (Å²) in [5.74, 6) is 0.0558. The molecule has 0 bridgehead atoms. The van der Waals surface area contributed by atoms with Crippen LogP contribution in [0.3, 0.4) is 0 Å². The van der Waals surface area contributed by atoms with Crippen LogP contribution >= 0.6 is 0 Å². The highest BCUT2D eigenvalue weighted by atomic mass is 16.2. The van der Waals surface area contributed by atoms with Gasteiger partial charge in [-0.3, -0.25) is 9.78 Å². The maximum atomic E-state index is 12.5. The summed E-state index contributed by atoms with van der Waals surface area (Å²) in [6, 6.07) is 12.0. The molecule has 1 saturated heterocycles. The van der Waals surface area contributed by atoms with Crippen molar-refractivity contribution >= 4 is 11.6 Å². The van der Waals surface area contributed by atoms with Gasteiger partial charge in [-0.2, -0.15) is 0 Å². The van der Waals surface area contributed by atoms with E-state index in [1.54, 1.807) is 18.3 Å². The molecule has 1 aromatic carbocycles. The summed E-state index contributed by atoms with van der Waals surface area (Å²) in [7, 11) is 0. The molecule has 4 heteroatoms. The predicted octanol–water partition coefficient (Wildman–Crippen LogP) is 3.14. The van der Waals surface area contributed by atoms with Crippen molar-refractivity contribution in [3.8, 4) is 0 Å². The van der Waals surface area contributed by atoms with E-state index < -0.39 is 0 Å². The number of amides is 1. The minimum atomic E-state index is 0.0558. The molecule has 0 atom stereocenters. The van der Waals surface area contributed by atoms with Crippen LogP contribution in [-0.4, -0.2) is 42.0 Å². The number of piperazine rings is 1. The van der Waals surface area contributed by atoms with Crippen LogP contribution in [0.4, 0.5) is 5.69 Å². The van der Waals surface area contributed by atoms with Gasteiger partial charge in [0.25, 0.3) is 5.91 Å². The van der Waals surface area contributed by atoms with Gasteiger partial charge < -0.3 is 9.80 Å². The van der Waals surface area contributed by atoms with Gasteiger partial charge in [0.05, 0.1) is 11.8 Å². The molecule has 24 heavy (non-hydrogen) atoms. The quantitative estimate of drug-likeness (QED) is 0.852. The lowest BCUT2D eigenvalue weighted by Crippen LogP contribution is -2.49. The van der Waals surface area contributed by atoms with Gasteiger partial charge >= 0.3 is 0 Å². The van der Waals surface area contributed by atoms with Crippen LogP contribution in [0.15, 0.2) is 42.6 Å². The van der Waals surface area contributed by atoms with E-state index in [4.69, 9.17) is 0 Å². The first-order chi connectivity index (χ1) is 11.5. The average molecular weight is 322 g/mol. The Morgan fingerprint density at radius 3 is 2.42 bits per heavy atom. The first kappa shape index (κ1) is 16.5. The zero-order chi connectivity index (χ0) is 17.2. The number of hydrogen-bond donors (Lipinski definition) is 0. The van der Waals surface area contributed by atoms with Crippen LogP contribution in [0.5, 0.6) is 0 Å². The molecule has 4 nitrogen and oxygen atoms in total. The monoisotopic (exact) mass is 322 g/mol. The van der Waals surface area contributed by atoms with Crippen molar-refractivity contribution in [2.24, 2.45) is 0 Å². The SMILES string of the molecule is CC(C)(C)c1ccccc1N1CCN(C(=O)c2cc[c]nc2)CC1. The number of rotatable bonds is 2. The van der Waals surface area contributed by atoms with Gasteiger partial charge in [0.1, 0.15) is 0 Å². The highest BCUT2D eigenvalue weighted by Crippen LogP contribution is 2.32. The number of aromatic nitrogens is 1.